The van der Waals surface area contributed by atoms with E-state index in [1.807, 2.05) is 18.7 Å². The zero-order chi connectivity index (χ0) is 17.4. The number of nitrogen functional groups attached to an aromatic ring is 2. The number of aromatic nitrogens is 2. The molecule has 0 fully saturated rings. The molecule has 0 saturated carbocycles. The van der Waals surface area contributed by atoms with Crippen molar-refractivity contribution in [3.63, 3.8) is 0 Å². The van der Waals surface area contributed by atoms with Crippen LogP contribution >= 0.6 is 0 Å². The summed E-state index contributed by atoms with van der Waals surface area (Å²) in [5.41, 5.74) is 13.7. The van der Waals surface area contributed by atoms with Crippen LogP contribution in [0.3, 0.4) is 0 Å². The maximum absolute atomic E-state index is 9.83. The van der Waals surface area contributed by atoms with Gasteiger partial charge >= 0.3 is 0 Å². The van der Waals surface area contributed by atoms with Gasteiger partial charge in [0.2, 0.25) is 5.88 Å². The van der Waals surface area contributed by atoms with Crippen LogP contribution < -0.4 is 21.1 Å². The highest BCUT2D eigenvalue weighted by Crippen LogP contribution is 2.42. The van der Waals surface area contributed by atoms with Gasteiger partial charge in [0.15, 0.2) is 0 Å². The molecule has 0 amide bonds. The average Bonchev–Trinajstić information content (AvgIpc) is 2.98. The van der Waals surface area contributed by atoms with E-state index < -0.39 is 0 Å². The SMILES string of the molecule is CC[C@H]1Cc2c(nc(N)c3c(N)nc(N(CC)CC)c(C#N)c23)O1. The first kappa shape index (κ1) is 16.1. The maximum Gasteiger partial charge on any atom is 0.219 e. The van der Waals surface area contributed by atoms with E-state index in [0.717, 1.165) is 30.5 Å². The summed E-state index contributed by atoms with van der Waals surface area (Å²) < 4.78 is 5.86. The first-order valence-corrected chi connectivity index (χ1v) is 8.28. The number of hydrogen-bond donors (Lipinski definition) is 2. The summed E-state index contributed by atoms with van der Waals surface area (Å²) in [6, 6.07) is 2.31. The third-order valence-corrected chi connectivity index (χ3v) is 4.58. The molecule has 0 saturated heterocycles. The van der Waals surface area contributed by atoms with Gasteiger partial charge in [-0.25, -0.2) is 4.98 Å². The Kier molecular flexibility index (Phi) is 4.06. The summed E-state index contributed by atoms with van der Waals surface area (Å²) in [5, 5.41) is 11.1. The Morgan fingerprint density at radius 1 is 1.17 bits per heavy atom. The second kappa shape index (κ2) is 6.04. The molecule has 1 aliphatic rings. The molecular weight excluding hydrogens is 304 g/mol. The molecule has 4 N–H and O–H groups in total. The second-order valence-corrected chi connectivity index (χ2v) is 5.86. The van der Waals surface area contributed by atoms with Gasteiger partial charge in [0.05, 0.1) is 5.39 Å². The molecule has 2 aromatic rings. The zero-order valence-electron chi connectivity index (χ0n) is 14.3. The largest absolute Gasteiger partial charge is 0.474 e. The Balaban J connectivity index is 2.40. The molecular formula is C17H22N6O. The van der Waals surface area contributed by atoms with Crippen molar-refractivity contribution in [2.24, 2.45) is 0 Å². The van der Waals surface area contributed by atoms with Crippen molar-refractivity contribution in [2.75, 3.05) is 29.5 Å². The molecule has 3 rings (SSSR count). The molecule has 0 aromatic carbocycles. The van der Waals surface area contributed by atoms with E-state index in [9.17, 15) is 5.26 Å². The van der Waals surface area contributed by atoms with Crippen LogP contribution in [-0.4, -0.2) is 29.2 Å². The summed E-state index contributed by atoms with van der Waals surface area (Å²) in [6.45, 7) is 7.58. The first-order valence-electron chi connectivity index (χ1n) is 8.28. The monoisotopic (exact) mass is 326 g/mol. The van der Waals surface area contributed by atoms with E-state index in [2.05, 4.69) is 23.0 Å². The molecule has 0 aliphatic carbocycles. The Hall–Kier alpha value is -2.75. The first-order chi connectivity index (χ1) is 11.5. The standard InChI is InChI=1S/C17H22N6O/c1-4-9-7-10-12-11(8-18)16(23(5-2)6-3)21-14(19)13(12)15(20)22-17(10)24-9/h9H,4-7H2,1-3H3,(H2,19,21)(H2,20,22)/t9-/m0/s1. The van der Waals surface area contributed by atoms with Crippen molar-refractivity contribution in [1.29, 1.82) is 5.26 Å². The molecule has 7 nitrogen and oxygen atoms in total. The number of rotatable bonds is 4. The van der Waals surface area contributed by atoms with E-state index in [-0.39, 0.29) is 11.9 Å². The normalized spacial score (nSPS) is 15.8. The average molecular weight is 326 g/mol. The minimum Gasteiger partial charge on any atom is -0.474 e. The van der Waals surface area contributed by atoms with Crippen molar-refractivity contribution in [1.82, 2.24) is 9.97 Å². The molecule has 1 atom stereocenters. The van der Waals surface area contributed by atoms with Gasteiger partial charge in [-0.1, -0.05) is 6.92 Å². The third kappa shape index (κ3) is 2.26. The van der Waals surface area contributed by atoms with Gasteiger partial charge in [0, 0.05) is 30.5 Å². The second-order valence-electron chi connectivity index (χ2n) is 5.86. The van der Waals surface area contributed by atoms with Gasteiger partial charge in [0.1, 0.15) is 35.2 Å². The lowest BCUT2D eigenvalue weighted by molar-refractivity contribution is 0.221. The molecule has 0 spiro atoms. The number of nitrogens with two attached hydrogens (primary N) is 2. The minimum absolute atomic E-state index is 0.0512. The lowest BCUT2D eigenvalue weighted by Gasteiger charge is -2.23. The van der Waals surface area contributed by atoms with Crippen molar-refractivity contribution in [2.45, 2.75) is 39.7 Å². The van der Waals surface area contributed by atoms with Crippen LogP contribution in [0.1, 0.15) is 38.3 Å². The summed E-state index contributed by atoms with van der Waals surface area (Å²) >= 11 is 0. The van der Waals surface area contributed by atoms with E-state index in [1.165, 1.54) is 0 Å². The summed E-state index contributed by atoms with van der Waals surface area (Å²) in [7, 11) is 0. The number of ether oxygens (including phenoxy) is 1. The van der Waals surface area contributed by atoms with Gasteiger partial charge in [0.25, 0.3) is 0 Å². The molecule has 0 radical (unpaired) electrons. The topological polar surface area (TPSA) is 114 Å². The highest BCUT2D eigenvalue weighted by Gasteiger charge is 2.30. The fourth-order valence-electron chi connectivity index (χ4n) is 3.29. The summed E-state index contributed by atoms with van der Waals surface area (Å²) in [6.07, 6.45) is 1.62. The molecule has 2 aromatic heterocycles. The summed E-state index contributed by atoms with van der Waals surface area (Å²) in [5.74, 6) is 1.67. The maximum atomic E-state index is 9.83. The summed E-state index contributed by atoms with van der Waals surface area (Å²) in [4.78, 5) is 10.8. The zero-order valence-corrected chi connectivity index (χ0v) is 14.3. The number of nitriles is 1. The Morgan fingerprint density at radius 3 is 2.42 bits per heavy atom. The van der Waals surface area contributed by atoms with Gasteiger partial charge in [-0.2, -0.15) is 10.2 Å². The van der Waals surface area contributed by atoms with E-state index in [0.29, 0.717) is 34.9 Å². The fraction of sp³-hybridized carbons (Fsp3) is 0.471. The number of pyridine rings is 2. The van der Waals surface area contributed by atoms with Gasteiger partial charge in [-0.3, -0.25) is 0 Å². The van der Waals surface area contributed by atoms with Crippen molar-refractivity contribution in [3.8, 4) is 11.9 Å². The Labute approximate surface area is 141 Å². The van der Waals surface area contributed by atoms with Gasteiger partial charge in [-0.15, -0.1) is 0 Å². The van der Waals surface area contributed by atoms with Crippen LogP contribution in [0.25, 0.3) is 10.8 Å². The van der Waals surface area contributed by atoms with E-state index >= 15 is 0 Å². The smallest absolute Gasteiger partial charge is 0.219 e. The van der Waals surface area contributed by atoms with E-state index in [1.54, 1.807) is 0 Å². The van der Waals surface area contributed by atoms with E-state index in [4.69, 9.17) is 16.2 Å². The fourth-order valence-corrected chi connectivity index (χ4v) is 3.29. The Bertz CT molecular complexity index is 838. The van der Waals surface area contributed by atoms with Crippen LogP contribution in [0.2, 0.25) is 0 Å². The molecule has 3 heterocycles. The highest BCUT2D eigenvalue weighted by atomic mass is 16.5. The van der Waals surface area contributed by atoms with Crippen LogP contribution in [0, 0.1) is 11.3 Å². The van der Waals surface area contributed by atoms with Crippen molar-refractivity contribution in [3.05, 3.63) is 11.1 Å². The molecule has 7 heteroatoms. The molecule has 1 aliphatic heterocycles. The highest BCUT2D eigenvalue weighted by molar-refractivity contribution is 6.06. The van der Waals surface area contributed by atoms with Gasteiger partial charge < -0.3 is 21.1 Å². The molecule has 126 valence electrons. The van der Waals surface area contributed by atoms with Gasteiger partial charge in [-0.05, 0) is 20.3 Å². The number of fused-ring (bicyclic) bond motifs is 3. The van der Waals surface area contributed by atoms with Crippen LogP contribution in [0.5, 0.6) is 5.88 Å². The number of anilines is 3. The minimum atomic E-state index is 0.0512. The number of nitrogens with zero attached hydrogens (tertiary/aromatic N) is 4. The Morgan fingerprint density at radius 2 is 1.83 bits per heavy atom. The lowest BCUT2D eigenvalue weighted by Crippen LogP contribution is -2.24. The van der Waals surface area contributed by atoms with Crippen molar-refractivity contribution >= 4 is 28.2 Å². The quantitative estimate of drug-likeness (QED) is 0.885. The third-order valence-electron chi connectivity index (χ3n) is 4.58. The van der Waals surface area contributed by atoms with Crippen LogP contribution in [0.4, 0.5) is 17.5 Å². The molecule has 0 bridgehead atoms. The van der Waals surface area contributed by atoms with Crippen LogP contribution in [0.15, 0.2) is 0 Å². The number of hydrogen-bond acceptors (Lipinski definition) is 7. The predicted molar refractivity (Wildman–Crippen MR) is 95.0 cm³/mol. The predicted octanol–water partition coefficient (Wildman–Crippen LogP) is 2.23. The lowest BCUT2D eigenvalue weighted by atomic mass is 9.98. The molecule has 24 heavy (non-hydrogen) atoms. The van der Waals surface area contributed by atoms with Crippen molar-refractivity contribution < 1.29 is 4.74 Å². The molecule has 0 unspecified atom stereocenters. The van der Waals surface area contributed by atoms with Crippen LogP contribution in [-0.2, 0) is 6.42 Å².